The Kier molecular flexibility index (Phi) is 7.66. The summed E-state index contributed by atoms with van der Waals surface area (Å²) in [6.45, 7) is 10.9. The van der Waals surface area contributed by atoms with Crippen molar-refractivity contribution in [2.24, 2.45) is 0 Å². The van der Waals surface area contributed by atoms with Gasteiger partial charge in [0, 0.05) is 12.3 Å². The van der Waals surface area contributed by atoms with Crippen molar-refractivity contribution in [1.29, 1.82) is 0 Å². The van der Waals surface area contributed by atoms with Crippen LogP contribution >= 0.6 is 7.60 Å². The topological polar surface area (TPSA) is 52.6 Å². The summed E-state index contributed by atoms with van der Waals surface area (Å²) in [5, 5.41) is 0. The molecule has 0 spiro atoms. The van der Waals surface area contributed by atoms with Crippen LogP contribution in [0.3, 0.4) is 0 Å². The maximum absolute atomic E-state index is 13.1. The number of hydrogen-bond donors (Lipinski definition) is 0. The van der Waals surface area contributed by atoms with Gasteiger partial charge in [-0.15, -0.1) is 0 Å². The minimum Gasteiger partial charge on any atom is -0.306 e. The van der Waals surface area contributed by atoms with Gasteiger partial charge in [-0.25, -0.2) is 0 Å². The Labute approximate surface area is 140 Å². The molecule has 1 aromatic rings. The van der Waals surface area contributed by atoms with Crippen LogP contribution in [-0.2, 0) is 18.4 Å². The molecule has 1 rings (SSSR count). The summed E-state index contributed by atoms with van der Waals surface area (Å²) in [6, 6.07) is 7.97. The molecule has 0 aliphatic rings. The van der Waals surface area contributed by atoms with Gasteiger partial charge in [0.05, 0.1) is 18.4 Å². The standard InChI is InChI=1S/C18H29O4P/c1-13(2)21-23(20,22-14(3)4)12-18(11-16(6)19)17-9-7-15(5)8-10-17/h7-10,13-14,18H,11-12H2,1-6H3/t18-/m1/s1. The lowest BCUT2D eigenvalue weighted by molar-refractivity contribution is -0.117. The number of carbonyl (C=O) groups is 1. The number of rotatable bonds is 9. The van der Waals surface area contributed by atoms with E-state index in [1.54, 1.807) is 6.92 Å². The van der Waals surface area contributed by atoms with E-state index >= 15 is 0 Å². The fourth-order valence-corrected chi connectivity index (χ4v) is 4.88. The van der Waals surface area contributed by atoms with Crippen LogP contribution in [0.4, 0.5) is 0 Å². The summed E-state index contributed by atoms with van der Waals surface area (Å²) in [4.78, 5) is 11.7. The molecule has 0 N–H and O–H groups in total. The minimum absolute atomic E-state index is 0.0659. The number of benzene rings is 1. The molecule has 1 aromatic carbocycles. The molecule has 0 heterocycles. The molecule has 1 atom stereocenters. The fourth-order valence-electron chi connectivity index (χ4n) is 2.50. The lowest BCUT2D eigenvalue weighted by atomic mass is 9.95. The highest BCUT2D eigenvalue weighted by atomic mass is 31.2. The molecule has 5 heteroatoms. The van der Waals surface area contributed by atoms with Crippen LogP contribution in [0.15, 0.2) is 24.3 Å². The fraction of sp³-hybridized carbons (Fsp3) is 0.611. The summed E-state index contributed by atoms with van der Waals surface area (Å²) < 4.78 is 24.4. The zero-order chi connectivity index (χ0) is 17.6. The second kappa shape index (κ2) is 8.77. The van der Waals surface area contributed by atoms with E-state index in [2.05, 4.69) is 0 Å². The van der Waals surface area contributed by atoms with Gasteiger partial charge in [0.15, 0.2) is 0 Å². The summed E-state index contributed by atoms with van der Waals surface area (Å²) in [6.07, 6.45) is 0.147. The van der Waals surface area contributed by atoms with Crippen LogP contribution in [0.5, 0.6) is 0 Å². The van der Waals surface area contributed by atoms with Crippen LogP contribution in [0.25, 0.3) is 0 Å². The normalized spacial score (nSPS) is 13.6. The van der Waals surface area contributed by atoms with Crippen molar-refractivity contribution in [3.05, 3.63) is 35.4 Å². The Balaban J connectivity index is 3.06. The van der Waals surface area contributed by atoms with E-state index in [-0.39, 0.29) is 30.1 Å². The molecule has 0 aliphatic carbocycles. The van der Waals surface area contributed by atoms with Crippen LogP contribution in [0.1, 0.15) is 58.1 Å². The van der Waals surface area contributed by atoms with Gasteiger partial charge in [-0.05, 0) is 47.1 Å². The molecule has 0 aromatic heterocycles. The monoisotopic (exact) mass is 340 g/mol. The first-order chi connectivity index (χ1) is 10.6. The molecule has 4 nitrogen and oxygen atoms in total. The number of ketones is 1. The Morgan fingerprint density at radius 1 is 1.04 bits per heavy atom. The Morgan fingerprint density at radius 3 is 1.91 bits per heavy atom. The Morgan fingerprint density at radius 2 is 1.52 bits per heavy atom. The highest BCUT2D eigenvalue weighted by Gasteiger charge is 2.32. The van der Waals surface area contributed by atoms with E-state index in [9.17, 15) is 9.36 Å². The maximum atomic E-state index is 13.1. The van der Waals surface area contributed by atoms with Crippen molar-refractivity contribution < 1.29 is 18.4 Å². The Bertz CT molecular complexity index is 535. The van der Waals surface area contributed by atoms with E-state index in [4.69, 9.17) is 9.05 Å². The van der Waals surface area contributed by atoms with Gasteiger partial charge in [-0.1, -0.05) is 29.8 Å². The zero-order valence-electron chi connectivity index (χ0n) is 15.0. The van der Waals surface area contributed by atoms with Crippen molar-refractivity contribution in [3.8, 4) is 0 Å². The maximum Gasteiger partial charge on any atom is 0.331 e. The number of carbonyl (C=O) groups excluding carboxylic acids is 1. The smallest absolute Gasteiger partial charge is 0.306 e. The first-order valence-electron chi connectivity index (χ1n) is 8.13. The molecular weight excluding hydrogens is 311 g/mol. The quantitative estimate of drug-likeness (QED) is 0.587. The van der Waals surface area contributed by atoms with E-state index in [0.29, 0.717) is 6.42 Å². The van der Waals surface area contributed by atoms with Gasteiger partial charge < -0.3 is 13.8 Å². The lowest BCUT2D eigenvalue weighted by Gasteiger charge is -2.26. The molecule has 0 aliphatic heterocycles. The summed E-state index contributed by atoms with van der Waals surface area (Å²) in [5.41, 5.74) is 2.14. The SMILES string of the molecule is CC(=O)C[C@H](CP(=O)(OC(C)C)OC(C)C)c1ccc(C)cc1. The first kappa shape index (κ1) is 20.1. The third kappa shape index (κ3) is 7.43. The molecule has 0 radical (unpaired) electrons. The van der Waals surface area contributed by atoms with E-state index < -0.39 is 7.60 Å². The van der Waals surface area contributed by atoms with Crippen molar-refractivity contribution in [2.45, 2.75) is 66.1 Å². The minimum atomic E-state index is -3.27. The summed E-state index contributed by atoms with van der Waals surface area (Å²) in [5.74, 6) is -0.104. The molecule has 130 valence electrons. The van der Waals surface area contributed by atoms with Gasteiger partial charge >= 0.3 is 7.60 Å². The lowest BCUT2D eigenvalue weighted by Crippen LogP contribution is -2.16. The third-order valence-electron chi connectivity index (χ3n) is 3.27. The number of Topliss-reactive ketones (excluding diaryl/α,β-unsaturated/α-hetero) is 1. The molecule has 0 unspecified atom stereocenters. The predicted octanol–water partition coefficient (Wildman–Crippen LogP) is 5.10. The van der Waals surface area contributed by atoms with Crippen LogP contribution in [0.2, 0.25) is 0 Å². The van der Waals surface area contributed by atoms with Crippen molar-refractivity contribution in [1.82, 2.24) is 0 Å². The van der Waals surface area contributed by atoms with E-state index in [1.807, 2.05) is 58.9 Å². The molecule has 0 saturated heterocycles. The second-order valence-corrected chi connectivity index (χ2v) is 8.62. The Hall–Kier alpha value is -0.960. The molecule has 0 fully saturated rings. The third-order valence-corrected chi connectivity index (χ3v) is 5.64. The first-order valence-corrected chi connectivity index (χ1v) is 9.86. The van der Waals surface area contributed by atoms with Crippen molar-refractivity contribution in [3.63, 3.8) is 0 Å². The van der Waals surface area contributed by atoms with Gasteiger partial charge in [0.25, 0.3) is 0 Å². The molecule has 23 heavy (non-hydrogen) atoms. The molecule has 0 bridgehead atoms. The van der Waals surface area contributed by atoms with E-state index in [1.165, 1.54) is 0 Å². The highest BCUT2D eigenvalue weighted by Crippen LogP contribution is 2.53. The second-order valence-electron chi connectivity index (χ2n) is 6.62. The van der Waals surface area contributed by atoms with Gasteiger partial charge in [0.2, 0.25) is 0 Å². The van der Waals surface area contributed by atoms with Crippen molar-refractivity contribution in [2.75, 3.05) is 6.16 Å². The predicted molar refractivity (Wildman–Crippen MR) is 94.1 cm³/mol. The summed E-state index contributed by atoms with van der Waals surface area (Å²) in [7, 11) is -3.27. The molecule has 0 amide bonds. The molecular formula is C18H29O4P. The summed E-state index contributed by atoms with van der Waals surface area (Å²) >= 11 is 0. The molecule has 0 saturated carbocycles. The largest absolute Gasteiger partial charge is 0.331 e. The van der Waals surface area contributed by atoms with Gasteiger partial charge in [-0.2, -0.15) is 0 Å². The number of hydrogen-bond acceptors (Lipinski definition) is 4. The average Bonchev–Trinajstić information content (AvgIpc) is 2.35. The van der Waals surface area contributed by atoms with Crippen LogP contribution < -0.4 is 0 Å². The zero-order valence-corrected chi connectivity index (χ0v) is 15.9. The van der Waals surface area contributed by atoms with Crippen molar-refractivity contribution >= 4 is 13.4 Å². The van der Waals surface area contributed by atoms with E-state index in [0.717, 1.165) is 11.1 Å². The highest BCUT2D eigenvalue weighted by molar-refractivity contribution is 7.53. The number of aryl methyl sites for hydroxylation is 1. The van der Waals surface area contributed by atoms with Crippen LogP contribution in [0, 0.1) is 6.92 Å². The average molecular weight is 340 g/mol. The van der Waals surface area contributed by atoms with Gasteiger partial charge in [-0.3, -0.25) is 4.57 Å². The van der Waals surface area contributed by atoms with Gasteiger partial charge in [0.1, 0.15) is 5.78 Å². The van der Waals surface area contributed by atoms with Crippen LogP contribution in [-0.4, -0.2) is 24.2 Å².